The molecular formula is C27H29Cl2N3O7S2. The van der Waals surface area contributed by atoms with E-state index in [-0.39, 0.29) is 51.1 Å². The number of hydrogen-bond acceptors (Lipinski definition) is 7. The number of anilines is 2. The van der Waals surface area contributed by atoms with Crippen molar-refractivity contribution in [2.75, 3.05) is 37.3 Å². The lowest BCUT2D eigenvalue weighted by molar-refractivity contribution is -0.120. The monoisotopic (exact) mass is 641 g/mol. The summed E-state index contributed by atoms with van der Waals surface area (Å²) < 4.78 is 66.3. The molecule has 1 aliphatic heterocycles. The Morgan fingerprint density at radius 2 is 1.66 bits per heavy atom. The molecule has 1 atom stereocenters. The Balaban J connectivity index is 1.40. The molecule has 1 heterocycles. The maximum Gasteiger partial charge on any atom is 0.262 e. The number of halogens is 2. The van der Waals surface area contributed by atoms with E-state index in [1.165, 1.54) is 48.9 Å². The molecule has 1 saturated heterocycles. The number of nitrogens with one attached hydrogen (secondary N) is 2. The molecule has 0 unspecified atom stereocenters. The molecule has 220 valence electrons. The van der Waals surface area contributed by atoms with Crippen LogP contribution in [-0.2, 0) is 30.6 Å². The zero-order valence-electron chi connectivity index (χ0n) is 22.3. The molecule has 0 saturated carbocycles. The first kappa shape index (κ1) is 30.9. The van der Waals surface area contributed by atoms with Crippen LogP contribution in [0.1, 0.15) is 18.4 Å². The molecule has 1 amide bonds. The Hall–Kier alpha value is -3.03. The molecule has 41 heavy (non-hydrogen) atoms. The van der Waals surface area contributed by atoms with Crippen molar-refractivity contribution in [3.63, 3.8) is 0 Å². The molecule has 0 radical (unpaired) electrons. The standard InChI is InChI=1S/C27H29Cl2N3O7S2/c1-38-20-10-13-25(26(15-20)39-2)31-41(36,37)21-11-8-19(9-12-21)30-27(33)18-5-4-14-32(16-18)40(34,35)17-22-23(28)6-3-7-24(22)29/h3,6-13,15,18,31H,4-5,14,16-17H2,1-2H3,(H,30,33)/t18-/m0/s1. The summed E-state index contributed by atoms with van der Waals surface area (Å²) >= 11 is 12.3. The second-order valence-corrected chi connectivity index (χ2v) is 13.8. The van der Waals surface area contributed by atoms with Crippen molar-refractivity contribution in [2.45, 2.75) is 23.5 Å². The largest absolute Gasteiger partial charge is 0.497 e. The van der Waals surface area contributed by atoms with Gasteiger partial charge in [0.1, 0.15) is 11.5 Å². The van der Waals surface area contributed by atoms with E-state index in [1.54, 1.807) is 30.3 Å². The van der Waals surface area contributed by atoms with Crippen LogP contribution in [0.5, 0.6) is 11.5 Å². The Morgan fingerprint density at radius 3 is 2.29 bits per heavy atom. The number of carbonyl (C=O) groups excluding carboxylic acids is 1. The fraction of sp³-hybridized carbons (Fsp3) is 0.296. The second kappa shape index (κ2) is 12.9. The van der Waals surface area contributed by atoms with Crippen LogP contribution in [0.4, 0.5) is 11.4 Å². The van der Waals surface area contributed by atoms with Crippen LogP contribution >= 0.6 is 23.2 Å². The highest BCUT2D eigenvalue weighted by molar-refractivity contribution is 7.92. The van der Waals surface area contributed by atoms with E-state index in [0.717, 1.165) is 0 Å². The van der Waals surface area contributed by atoms with E-state index in [0.29, 0.717) is 29.8 Å². The zero-order chi connectivity index (χ0) is 29.8. The van der Waals surface area contributed by atoms with Gasteiger partial charge in [0.05, 0.1) is 36.5 Å². The number of amides is 1. The Labute approximate surface area is 249 Å². The van der Waals surface area contributed by atoms with Crippen LogP contribution in [-0.4, -0.2) is 54.4 Å². The number of methoxy groups -OCH3 is 2. The maximum atomic E-state index is 13.1. The number of ether oxygens (including phenoxy) is 2. The maximum absolute atomic E-state index is 13.1. The van der Waals surface area contributed by atoms with Gasteiger partial charge in [-0.1, -0.05) is 29.3 Å². The fourth-order valence-corrected chi connectivity index (χ4v) is 7.83. The van der Waals surface area contributed by atoms with Gasteiger partial charge in [0, 0.05) is 40.5 Å². The van der Waals surface area contributed by atoms with Crippen molar-refractivity contribution in [3.8, 4) is 11.5 Å². The van der Waals surface area contributed by atoms with Crippen LogP contribution < -0.4 is 19.5 Å². The lowest BCUT2D eigenvalue weighted by Gasteiger charge is -2.31. The zero-order valence-corrected chi connectivity index (χ0v) is 25.4. The topological polar surface area (TPSA) is 131 Å². The smallest absolute Gasteiger partial charge is 0.262 e. The lowest BCUT2D eigenvalue weighted by atomic mass is 9.99. The molecule has 3 aromatic rings. The molecule has 1 fully saturated rings. The number of piperidine rings is 1. The van der Waals surface area contributed by atoms with Crippen molar-refractivity contribution in [2.24, 2.45) is 5.92 Å². The average Bonchev–Trinajstić information content (AvgIpc) is 2.95. The summed E-state index contributed by atoms with van der Waals surface area (Å²) in [6, 6.07) is 15.1. The van der Waals surface area contributed by atoms with Crippen LogP contribution in [0, 0.1) is 5.92 Å². The minimum atomic E-state index is -3.96. The highest BCUT2D eigenvalue weighted by Crippen LogP contribution is 2.32. The molecule has 2 N–H and O–H groups in total. The van der Waals surface area contributed by atoms with Crippen molar-refractivity contribution in [1.29, 1.82) is 0 Å². The molecule has 3 aromatic carbocycles. The van der Waals surface area contributed by atoms with Gasteiger partial charge in [-0.3, -0.25) is 9.52 Å². The summed E-state index contributed by atoms with van der Waals surface area (Å²) in [5.41, 5.74) is 0.926. The van der Waals surface area contributed by atoms with Crippen LogP contribution in [0.15, 0.2) is 65.6 Å². The van der Waals surface area contributed by atoms with Gasteiger partial charge in [-0.05, 0) is 61.4 Å². The van der Waals surface area contributed by atoms with E-state index < -0.39 is 26.0 Å². The molecule has 0 bridgehead atoms. The highest BCUT2D eigenvalue weighted by Gasteiger charge is 2.33. The molecule has 1 aliphatic rings. The van der Waals surface area contributed by atoms with E-state index in [4.69, 9.17) is 32.7 Å². The normalized spacial score (nSPS) is 16.1. The predicted molar refractivity (Wildman–Crippen MR) is 159 cm³/mol. The number of rotatable bonds is 10. The highest BCUT2D eigenvalue weighted by atomic mass is 35.5. The molecule has 0 spiro atoms. The van der Waals surface area contributed by atoms with E-state index >= 15 is 0 Å². The van der Waals surface area contributed by atoms with Crippen LogP contribution in [0.2, 0.25) is 10.0 Å². The van der Waals surface area contributed by atoms with E-state index in [1.807, 2.05) is 0 Å². The van der Waals surface area contributed by atoms with Crippen LogP contribution in [0.25, 0.3) is 0 Å². The average molecular weight is 643 g/mol. The predicted octanol–water partition coefficient (Wildman–Crippen LogP) is 4.99. The summed E-state index contributed by atoms with van der Waals surface area (Å²) in [5.74, 6) is -0.527. The van der Waals surface area contributed by atoms with Gasteiger partial charge >= 0.3 is 0 Å². The Bertz CT molecular complexity index is 1610. The number of nitrogens with zero attached hydrogens (tertiary/aromatic N) is 1. The van der Waals surface area contributed by atoms with Crippen molar-refractivity contribution in [1.82, 2.24) is 4.31 Å². The third-order valence-corrected chi connectivity index (χ3v) is 10.5. The first-order valence-corrected chi connectivity index (χ1v) is 16.3. The van der Waals surface area contributed by atoms with Gasteiger partial charge in [0.2, 0.25) is 15.9 Å². The van der Waals surface area contributed by atoms with Gasteiger partial charge in [0.25, 0.3) is 10.0 Å². The molecule has 4 rings (SSSR count). The summed E-state index contributed by atoms with van der Waals surface area (Å²) in [4.78, 5) is 13.0. The van der Waals surface area contributed by atoms with Crippen molar-refractivity contribution >= 4 is 60.5 Å². The van der Waals surface area contributed by atoms with Gasteiger partial charge in [0.15, 0.2) is 0 Å². The summed E-state index contributed by atoms with van der Waals surface area (Å²) in [6.45, 7) is 0.295. The minimum Gasteiger partial charge on any atom is -0.497 e. The third kappa shape index (κ3) is 7.44. The van der Waals surface area contributed by atoms with Gasteiger partial charge < -0.3 is 14.8 Å². The summed E-state index contributed by atoms with van der Waals surface area (Å²) in [5, 5.41) is 3.28. The van der Waals surface area contributed by atoms with E-state index in [9.17, 15) is 21.6 Å². The Morgan fingerprint density at radius 1 is 0.976 bits per heavy atom. The summed E-state index contributed by atoms with van der Waals surface area (Å²) in [6.07, 6.45) is 1.01. The van der Waals surface area contributed by atoms with Gasteiger partial charge in [-0.15, -0.1) is 0 Å². The van der Waals surface area contributed by atoms with Crippen molar-refractivity contribution < 1.29 is 31.1 Å². The summed E-state index contributed by atoms with van der Waals surface area (Å²) in [7, 11) is -4.84. The van der Waals surface area contributed by atoms with Crippen molar-refractivity contribution in [3.05, 3.63) is 76.3 Å². The molecule has 14 heteroatoms. The number of sulfonamides is 2. The number of carbonyl (C=O) groups is 1. The molecule has 0 aliphatic carbocycles. The quantitative estimate of drug-likeness (QED) is 0.319. The van der Waals surface area contributed by atoms with Gasteiger partial charge in [-0.25, -0.2) is 21.1 Å². The first-order chi connectivity index (χ1) is 19.4. The third-order valence-electron chi connectivity index (χ3n) is 6.62. The lowest BCUT2D eigenvalue weighted by Crippen LogP contribution is -2.44. The Kier molecular flexibility index (Phi) is 9.70. The second-order valence-electron chi connectivity index (χ2n) is 9.34. The van der Waals surface area contributed by atoms with Crippen LogP contribution in [0.3, 0.4) is 0 Å². The molecule has 0 aromatic heterocycles. The number of hydrogen-bond donors (Lipinski definition) is 2. The fourth-order valence-electron chi connectivity index (χ4n) is 4.40. The number of benzene rings is 3. The van der Waals surface area contributed by atoms with Gasteiger partial charge in [-0.2, -0.15) is 0 Å². The first-order valence-electron chi connectivity index (χ1n) is 12.5. The van der Waals surface area contributed by atoms with E-state index in [2.05, 4.69) is 10.0 Å². The minimum absolute atomic E-state index is 0.0102. The molecular weight excluding hydrogens is 613 g/mol. The molecule has 10 nitrogen and oxygen atoms in total. The SMILES string of the molecule is COc1ccc(NS(=O)(=O)c2ccc(NC(=O)[C@H]3CCCN(S(=O)(=O)Cc4c(Cl)cccc4Cl)C3)cc2)c(OC)c1.